The first kappa shape index (κ1) is 18.0. The maximum Gasteiger partial charge on any atom is 0.264 e. The minimum atomic E-state index is 0. The van der Waals surface area contributed by atoms with Gasteiger partial charge in [0.25, 0.3) is 5.91 Å². The van der Waals surface area contributed by atoms with Crippen LogP contribution in [0.5, 0.6) is 0 Å². The van der Waals surface area contributed by atoms with Gasteiger partial charge in [0.2, 0.25) is 0 Å². The smallest absolute Gasteiger partial charge is 0.264 e. The monoisotopic (exact) mass is 350 g/mol. The molecular formula is C18H23ClN2OS. The van der Waals surface area contributed by atoms with E-state index < -0.39 is 0 Å². The lowest BCUT2D eigenvalue weighted by molar-refractivity contribution is 0.0747. The number of fused-ring (bicyclic) bond motifs is 1. The molecule has 23 heavy (non-hydrogen) atoms. The molecule has 0 saturated heterocycles. The van der Waals surface area contributed by atoms with Gasteiger partial charge in [-0.3, -0.25) is 4.79 Å². The molecule has 0 atom stereocenters. The average Bonchev–Trinajstić information content (AvgIpc) is 3.13. The zero-order chi connectivity index (χ0) is 15.4. The van der Waals surface area contributed by atoms with Gasteiger partial charge in [-0.05, 0) is 49.4 Å². The first-order valence-electron chi connectivity index (χ1n) is 7.93. The van der Waals surface area contributed by atoms with E-state index in [1.54, 1.807) is 11.3 Å². The van der Waals surface area contributed by atoms with Crippen molar-refractivity contribution >= 4 is 29.7 Å². The molecule has 1 heterocycles. The third kappa shape index (κ3) is 4.34. The molecule has 1 aromatic heterocycles. The molecule has 0 spiro atoms. The fraction of sp³-hybridized carbons (Fsp3) is 0.389. The van der Waals surface area contributed by atoms with Gasteiger partial charge in [-0.25, -0.2) is 0 Å². The zero-order valence-electron chi connectivity index (χ0n) is 13.2. The van der Waals surface area contributed by atoms with Gasteiger partial charge in [-0.15, -0.1) is 23.7 Å². The number of amides is 1. The Kier molecular flexibility index (Phi) is 6.63. The highest BCUT2D eigenvalue weighted by Crippen LogP contribution is 2.31. The Morgan fingerprint density at radius 3 is 2.70 bits per heavy atom. The van der Waals surface area contributed by atoms with Crippen LogP contribution in [0, 0.1) is 0 Å². The molecule has 1 amide bonds. The molecule has 3 rings (SSSR count). The number of nitrogens with two attached hydrogens (primary N) is 1. The quantitative estimate of drug-likeness (QED) is 0.864. The van der Waals surface area contributed by atoms with Gasteiger partial charge in [0, 0.05) is 18.0 Å². The molecule has 5 heteroatoms. The van der Waals surface area contributed by atoms with E-state index in [1.807, 2.05) is 23.1 Å². The van der Waals surface area contributed by atoms with Crippen LogP contribution in [0.2, 0.25) is 0 Å². The summed E-state index contributed by atoms with van der Waals surface area (Å²) in [6.45, 7) is 1.98. The Hall–Kier alpha value is -1.36. The number of carbonyl (C=O) groups excluding carboxylic acids is 1. The van der Waals surface area contributed by atoms with Crippen molar-refractivity contribution < 1.29 is 4.79 Å². The second kappa shape index (κ2) is 8.48. The van der Waals surface area contributed by atoms with Gasteiger partial charge in [-0.1, -0.05) is 30.3 Å². The van der Waals surface area contributed by atoms with Crippen LogP contribution < -0.4 is 5.73 Å². The maximum absolute atomic E-state index is 12.9. The lowest BCUT2D eigenvalue weighted by Gasteiger charge is -2.22. The first-order valence-corrected chi connectivity index (χ1v) is 8.74. The van der Waals surface area contributed by atoms with Crippen LogP contribution in [-0.2, 0) is 19.4 Å². The number of benzene rings is 1. The van der Waals surface area contributed by atoms with Crippen LogP contribution in [0.3, 0.4) is 0 Å². The molecule has 1 aromatic carbocycles. The van der Waals surface area contributed by atoms with Gasteiger partial charge in [0.05, 0.1) is 4.88 Å². The summed E-state index contributed by atoms with van der Waals surface area (Å²) in [6.07, 6.45) is 4.33. The molecule has 0 bridgehead atoms. The Morgan fingerprint density at radius 1 is 1.22 bits per heavy atom. The van der Waals surface area contributed by atoms with Crippen LogP contribution in [0.15, 0.2) is 36.4 Å². The second-order valence-corrected chi connectivity index (χ2v) is 6.90. The largest absolute Gasteiger partial charge is 0.334 e. The fourth-order valence-electron chi connectivity index (χ4n) is 2.93. The normalized spacial score (nSPS) is 12.6. The minimum Gasteiger partial charge on any atom is -0.334 e. The summed E-state index contributed by atoms with van der Waals surface area (Å²) in [5, 5.41) is 0. The Labute approximate surface area is 147 Å². The Balaban J connectivity index is 0.00000192. The minimum absolute atomic E-state index is 0. The van der Waals surface area contributed by atoms with E-state index in [2.05, 4.69) is 18.2 Å². The number of hydrogen-bond donors (Lipinski definition) is 1. The summed E-state index contributed by atoms with van der Waals surface area (Å²) in [4.78, 5) is 17.1. The Morgan fingerprint density at radius 2 is 2.00 bits per heavy atom. The van der Waals surface area contributed by atoms with E-state index in [0.29, 0.717) is 19.6 Å². The zero-order valence-corrected chi connectivity index (χ0v) is 14.8. The number of rotatable bonds is 6. The average molecular weight is 351 g/mol. The highest BCUT2D eigenvalue weighted by Gasteiger charge is 2.22. The van der Waals surface area contributed by atoms with Gasteiger partial charge in [0.15, 0.2) is 0 Å². The van der Waals surface area contributed by atoms with E-state index in [-0.39, 0.29) is 18.3 Å². The van der Waals surface area contributed by atoms with Crippen LogP contribution in [0.25, 0.3) is 0 Å². The topological polar surface area (TPSA) is 46.3 Å². The summed E-state index contributed by atoms with van der Waals surface area (Å²) in [7, 11) is 0. The van der Waals surface area contributed by atoms with Gasteiger partial charge in [0.1, 0.15) is 0 Å². The predicted octanol–water partition coefficient (Wildman–Crippen LogP) is 3.65. The number of halogens is 1. The molecule has 0 unspecified atom stereocenters. The first-order chi connectivity index (χ1) is 10.8. The number of carbonyl (C=O) groups is 1. The number of thiophene rings is 1. The predicted molar refractivity (Wildman–Crippen MR) is 98.4 cm³/mol. The highest BCUT2D eigenvalue weighted by molar-refractivity contribution is 7.14. The molecule has 0 radical (unpaired) electrons. The van der Waals surface area contributed by atoms with E-state index in [4.69, 9.17) is 5.73 Å². The van der Waals surface area contributed by atoms with E-state index in [0.717, 1.165) is 29.7 Å². The molecular weight excluding hydrogens is 328 g/mol. The molecule has 0 saturated carbocycles. The standard InChI is InChI=1S/C18H22N2OS.ClH/c19-10-5-11-20(13-14-6-2-1-3-7-14)18(21)17-12-15-8-4-9-16(15)22-17;/h1-3,6-7,12H,4-5,8-11,13,19H2;1H. The van der Waals surface area contributed by atoms with E-state index >= 15 is 0 Å². The third-order valence-corrected chi connectivity index (χ3v) is 5.32. The lowest BCUT2D eigenvalue weighted by Crippen LogP contribution is -2.32. The van der Waals surface area contributed by atoms with Crippen LogP contribution in [0.4, 0.5) is 0 Å². The van der Waals surface area contributed by atoms with Crippen molar-refractivity contribution in [2.24, 2.45) is 5.73 Å². The molecule has 124 valence electrons. The molecule has 2 aromatic rings. The maximum atomic E-state index is 12.9. The summed E-state index contributed by atoms with van der Waals surface area (Å²) in [5.41, 5.74) is 8.18. The van der Waals surface area contributed by atoms with Crippen molar-refractivity contribution in [2.45, 2.75) is 32.2 Å². The van der Waals surface area contributed by atoms with Crippen molar-refractivity contribution in [1.29, 1.82) is 0 Å². The molecule has 0 fully saturated rings. The summed E-state index contributed by atoms with van der Waals surface area (Å²) in [5.74, 6) is 0.150. The highest BCUT2D eigenvalue weighted by atomic mass is 35.5. The Bertz CT molecular complexity index is 620. The van der Waals surface area contributed by atoms with Crippen LogP contribution >= 0.6 is 23.7 Å². The van der Waals surface area contributed by atoms with Crippen molar-refractivity contribution in [3.05, 3.63) is 57.3 Å². The summed E-state index contributed by atoms with van der Waals surface area (Å²) < 4.78 is 0. The molecule has 0 aliphatic heterocycles. The number of hydrogen-bond acceptors (Lipinski definition) is 3. The fourth-order valence-corrected chi connectivity index (χ4v) is 4.15. The van der Waals surface area contributed by atoms with Crippen LogP contribution in [-0.4, -0.2) is 23.9 Å². The number of aryl methyl sites for hydroxylation is 2. The summed E-state index contributed by atoms with van der Waals surface area (Å²) in [6, 6.07) is 12.3. The lowest BCUT2D eigenvalue weighted by atomic mass is 10.2. The third-order valence-electron chi connectivity index (χ3n) is 4.09. The summed E-state index contributed by atoms with van der Waals surface area (Å²) >= 11 is 1.68. The van der Waals surface area contributed by atoms with Crippen molar-refractivity contribution in [1.82, 2.24) is 4.90 Å². The van der Waals surface area contributed by atoms with Crippen LogP contribution in [0.1, 0.15) is 38.5 Å². The van der Waals surface area contributed by atoms with E-state index in [9.17, 15) is 4.79 Å². The molecule has 1 aliphatic rings. The molecule has 2 N–H and O–H groups in total. The second-order valence-electron chi connectivity index (χ2n) is 5.77. The van der Waals surface area contributed by atoms with Gasteiger partial charge < -0.3 is 10.6 Å². The molecule has 3 nitrogen and oxygen atoms in total. The van der Waals surface area contributed by atoms with Gasteiger partial charge >= 0.3 is 0 Å². The van der Waals surface area contributed by atoms with Crippen molar-refractivity contribution in [3.63, 3.8) is 0 Å². The van der Waals surface area contributed by atoms with Crippen molar-refractivity contribution in [2.75, 3.05) is 13.1 Å². The number of nitrogens with zero attached hydrogens (tertiary/aromatic N) is 1. The van der Waals surface area contributed by atoms with Crippen molar-refractivity contribution in [3.8, 4) is 0 Å². The van der Waals surface area contributed by atoms with E-state index in [1.165, 1.54) is 16.9 Å². The SMILES string of the molecule is Cl.NCCCN(Cc1ccccc1)C(=O)c1cc2c(s1)CCC2. The molecule has 1 aliphatic carbocycles. The van der Waals surface area contributed by atoms with Gasteiger partial charge in [-0.2, -0.15) is 0 Å².